The first-order valence-corrected chi connectivity index (χ1v) is 7.88. The number of rotatable bonds is 5. The van der Waals surface area contributed by atoms with Gasteiger partial charge in [-0.25, -0.2) is 13.1 Å². The number of hydrogen-bond donors (Lipinski definition) is 2. The maximum Gasteiger partial charge on any atom is 0.241 e. The van der Waals surface area contributed by atoms with Crippen molar-refractivity contribution in [1.29, 1.82) is 0 Å². The summed E-state index contributed by atoms with van der Waals surface area (Å²) >= 11 is 0. The molecule has 0 amide bonds. The Bertz CT molecular complexity index is 560. The van der Waals surface area contributed by atoms with Crippen molar-refractivity contribution in [3.8, 4) is 5.75 Å². The third-order valence-corrected chi connectivity index (χ3v) is 5.43. The number of nitrogens with two attached hydrogens (primary N) is 1. The molecule has 106 valence electrons. The molecule has 1 aliphatic rings. The average Bonchev–Trinajstić information content (AvgIpc) is 2.34. The van der Waals surface area contributed by atoms with Crippen LogP contribution in [0.3, 0.4) is 0 Å². The van der Waals surface area contributed by atoms with E-state index in [0.29, 0.717) is 11.4 Å². The standard InChI is InChI=1S/C13H20N2O3S/c1-3-13(7-4-8-13)15-19(16,17)10-5-6-11(14)12(9-10)18-2/h5-6,9,15H,3-4,7-8,14H2,1-2H3. The van der Waals surface area contributed by atoms with E-state index in [0.717, 1.165) is 25.7 Å². The van der Waals surface area contributed by atoms with Crippen LogP contribution in [0.1, 0.15) is 32.6 Å². The Balaban J connectivity index is 2.29. The van der Waals surface area contributed by atoms with Crippen LogP contribution in [0.2, 0.25) is 0 Å². The monoisotopic (exact) mass is 284 g/mol. The Morgan fingerprint density at radius 1 is 1.42 bits per heavy atom. The van der Waals surface area contributed by atoms with E-state index in [9.17, 15) is 8.42 Å². The molecule has 1 aromatic carbocycles. The number of nitrogen functional groups attached to an aromatic ring is 1. The van der Waals surface area contributed by atoms with E-state index in [4.69, 9.17) is 10.5 Å². The van der Waals surface area contributed by atoms with Crippen molar-refractivity contribution in [3.63, 3.8) is 0 Å². The van der Waals surface area contributed by atoms with Gasteiger partial charge in [0.2, 0.25) is 10.0 Å². The van der Waals surface area contributed by atoms with E-state index >= 15 is 0 Å². The highest BCUT2D eigenvalue weighted by atomic mass is 32.2. The zero-order valence-corrected chi connectivity index (χ0v) is 12.1. The Kier molecular flexibility index (Phi) is 3.73. The first-order chi connectivity index (χ1) is 8.92. The molecule has 5 nitrogen and oxygen atoms in total. The minimum absolute atomic E-state index is 0.193. The molecule has 1 fully saturated rings. The van der Waals surface area contributed by atoms with E-state index < -0.39 is 10.0 Å². The summed E-state index contributed by atoms with van der Waals surface area (Å²) in [5, 5.41) is 0. The number of methoxy groups -OCH3 is 1. The number of benzene rings is 1. The van der Waals surface area contributed by atoms with E-state index in [1.54, 1.807) is 6.07 Å². The summed E-state index contributed by atoms with van der Waals surface area (Å²) in [4.78, 5) is 0.193. The lowest BCUT2D eigenvalue weighted by Gasteiger charge is -2.41. The van der Waals surface area contributed by atoms with Crippen LogP contribution < -0.4 is 15.2 Å². The summed E-state index contributed by atoms with van der Waals surface area (Å²) in [5.41, 5.74) is 5.85. The summed E-state index contributed by atoms with van der Waals surface area (Å²) < 4.78 is 32.6. The molecule has 2 rings (SSSR count). The van der Waals surface area contributed by atoms with Gasteiger partial charge in [-0.1, -0.05) is 6.92 Å². The molecule has 1 aliphatic carbocycles. The van der Waals surface area contributed by atoms with Crippen LogP contribution in [0.5, 0.6) is 5.75 Å². The normalized spacial score (nSPS) is 17.8. The van der Waals surface area contributed by atoms with Crippen molar-refractivity contribution in [2.45, 2.75) is 43.0 Å². The summed E-state index contributed by atoms with van der Waals surface area (Å²) in [5.74, 6) is 0.377. The zero-order chi connectivity index (χ0) is 14.1. The van der Waals surface area contributed by atoms with E-state index in [2.05, 4.69) is 4.72 Å². The molecule has 0 atom stereocenters. The van der Waals surface area contributed by atoms with Crippen LogP contribution in [0.25, 0.3) is 0 Å². The van der Waals surface area contributed by atoms with Gasteiger partial charge >= 0.3 is 0 Å². The van der Waals surface area contributed by atoms with Crippen LogP contribution in [-0.4, -0.2) is 21.1 Å². The predicted octanol–water partition coefficient (Wildman–Crippen LogP) is 1.89. The van der Waals surface area contributed by atoms with Gasteiger partial charge in [-0.3, -0.25) is 0 Å². The van der Waals surface area contributed by atoms with Crippen molar-refractivity contribution in [2.75, 3.05) is 12.8 Å². The Morgan fingerprint density at radius 3 is 2.58 bits per heavy atom. The van der Waals surface area contributed by atoms with Crippen LogP contribution in [0, 0.1) is 0 Å². The molecule has 0 saturated heterocycles. The molecule has 0 unspecified atom stereocenters. The van der Waals surface area contributed by atoms with Gasteiger partial charge in [0.05, 0.1) is 17.7 Å². The molecule has 0 aromatic heterocycles. The fourth-order valence-electron chi connectivity index (χ4n) is 2.33. The summed E-state index contributed by atoms with van der Waals surface area (Å²) in [6.45, 7) is 2.01. The highest BCUT2D eigenvalue weighted by molar-refractivity contribution is 7.89. The quantitative estimate of drug-likeness (QED) is 0.809. The fraction of sp³-hybridized carbons (Fsp3) is 0.538. The van der Waals surface area contributed by atoms with Gasteiger partial charge in [-0.05, 0) is 37.8 Å². The van der Waals surface area contributed by atoms with Crippen molar-refractivity contribution in [2.24, 2.45) is 0 Å². The number of sulfonamides is 1. The largest absolute Gasteiger partial charge is 0.495 e. The third kappa shape index (κ3) is 2.69. The molecule has 0 heterocycles. The van der Waals surface area contributed by atoms with Gasteiger partial charge < -0.3 is 10.5 Å². The Morgan fingerprint density at radius 2 is 2.11 bits per heavy atom. The second-order valence-electron chi connectivity index (χ2n) is 5.00. The summed E-state index contributed by atoms with van der Waals surface area (Å²) in [6.07, 6.45) is 3.67. The number of anilines is 1. The van der Waals surface area contributed by atoms with E-state index in [-0.39, 0.29) is 10.4 Å². The SMILES string of the molecule is CCC1(NS(=O)(=O)c2ccc(N)c(OC)c2)CCC1. The average molecular weight is 284 g/mol. The second kappa shape index (κ2) is 5.02. The topological polar surface area (TPSA) is 81.4 Å². The molecule has 0 aliphatic heterocycles. The Labute approximate surface area is 114 Å². The smallest absolute Gasteiger partial charge is 0.241 e. The number of ether oxygens (including phenoxy) is 1. The highest BCUT2D eigenvalue weighted by Crippen LogP contribution is 2.36. The number of nitrogens with one attached hydrogen (secondary N) is 1. The lowest BCUT2D eigenvalue weighted by atomic mass is 9.76. The third-order valence-electron chi connectivity index (χ3n) is 3.85. The van der Waals surface area contributed by atoms with Crippen molar-refractivity contribution in [1.82, 2.24) is 4.72 Å². The summed E-state index contributed by atoms with van der Waals surface area (Å²) in [6, 6.07) is 4.51. The molecule has 1 saturated carbocycles. The van der Waals surface area contributed by atoms with Crippen LogP contribution in [0.15, 0.2) is 23.1 Å². The van der Waals surface area contributed by atoms with E-state index in [1.165, 1.54) is 19.2 Å². The van der Waals surface area contributed by atoms with Crippen molar-refractivity contribution < 1.29 is 13.2 Å². The van der Waals surface area contributed by atoms with Gasteiger partial charge in [0.25, 0.3) is 0 Å². The van der Waals surface area contributed by atoms with Crippen LogP contribution in [0.4, 0.5) is 5.69 Å². The van der Waals surface area contributed by atoms with E-state index in [1.807, 2.05) is 6.92 Å². The molecule has 0 radical (unpaired) electrons. The van der Waals surface area contributed by atoms with Crippen LogP contribution >= 0.6 is 0 Å². The maximum absolute atomic E-state index is 12.4. The summed E-state index contributed by atoms with van der Waals surface area (Å²) in [7, 11) is -2.06. The lowest BCUT2D eigenvalue weighted by molar-refractivity contribution is 0.214. The molecule has 6 heteroatoms. The lowest BCUT2D eigenvalue weighted by Crippen LogP contribution is -2.52. The van der Waals surface area contributed by atoms with Gasteiger partial charge in [-0.15, -0.1) is 0 Å². The maximum atomic E-state index is 12.4. The zero-order valence-electron chi connectivity index (χ0n) is 11.3. The molecular formula is C13H20N2O3S. The van der Waals surface area contributed by atoms with Crippen molar-refractivity contribution in [3.05, 3.63) is 18.2 Å². The van der Waals surface area contributed by atoms with Crippen LogP contribution in [-0.2, 0) is 10.0 Å². The first-order valence-electron chi connectivity index (χ1n) is 6.40. The molecule has 1 aromatic rings. The first kappa shape index (κ1) is 14.1. The highest BCUT2D eigenvalue weighted by Gasteiger charge is 2.39. The molecule has 19 heavy (non-hydrogen) atoms. The molecule has 3 N–H and O–H groups in total. The molecular weight excluding hydrogens is 264 g/mol. The Hall–Kier alpha value is -1.27. The van der Waals surface area contributed by atoms with Crippen molar-refractivity contribution >= 4 is 15.7 Å². The minimum Gasteiger partial charge on any atom is -0.495 e. The van der Waals surface area contributed by atoms with Gasteiger partial charge in [0, 0.05) is 11.6 Å². The number of hydrogen-bond acceptors (Lipinski definition) is 4. The second-order valence-corrected chi connectivity index (χ2v) is 6.68. The molecule has 0 spiro atoms. The minimum atomic E-state index is -3.53. The van der Waals surface area contributed by atoms with Gasteiger partial charge in [-0.2, -0.15) is 0 Å². The van der Waals surface area contributed by atoms with Gasteiger partial charge in [0.1, 0.15) is 5.75 Å². The van der Waals surface area contributed by atoms with Gasteiger partial charge in [0.15, 0.2) is 0 Å². The predicted molar refractivity (Wildman–Crippen MR) is 74.6 cm³/mol. The molecule has 0 bridgehead atoms. The fourth-order valence-corrected chi connectivity index (χ4v) is 3.88.